The predicted octanol–water partition coefficient (Wildman–Crippen LogP) is 4.13. The molecule has 3 heteroatoms. The number of hydrogen-bond acceptors (Lipinski definition) is 3. The second-order valence-electron chi connectivity index (χ2n) is 6.56. The van der Waals surface area contributed by atoms with Gasteiger partial charge in [0.25, 0.3) is 0 Å². The highest BCUT2D eigenvalue weighted by atomic mass is 16.5. The van der Waals surface area contributed by atoms with Crippen molar-refractivity contribution in [2.45, 2.75) is 26.2 Å². The molecule has 1 aliphatic rings. The van der Waals surface area contributed by atoms with E-state index in [1.165, 1.54) is 5.56 Å². The Morgan fingerprint density at radius 2 is 1.50 bits per heavy atom. The lowest BCUT2D eigenvalue weighted by molar-refractivity contribution is 0.481. The molecule has 1 heterocycles. The van der Waals surface area contributed by atoms with Crippen LogP contribution in [0, 0.1) is 0 Å². The van der Waals surface area contributed by atoms with Crippen LogP contribution < -0.4 is 10.1 Å². The molecule has 0 bridgehead atoms. The van der Waals surface area contributed by atoms with Crippen LogP contribution in [0.1, 0.15) is 31.9 Å². The number of nitrogens with one attached hydrogen (secondary N) is 1. The summed E-state index contributed by atoms with van der Waals surface area (Å²) in [5, 5.41) is 3.27. The molecule has 1 N–H and O–H groups in total. The van der Waals surface area contributed by atoms with Gasteiger partial charge in [-0.3, -0.25) is 4.99 Å². The summed E-state index contributed by atoms with van der Waals surface area (Å²) >= 11 is 0. The largest absolute Gasteiger partial charge is 0.457 e. The Bertz CT molecular complexity index is 664. The summed E-state index contributed by atoms with van der Waals surface area (Å²) in [5.41, 5.74) is 2.57. The van der Waals surface area contributed by atoms with E-state index in [4.69, 9.17) is 4.74 Å². The quantitative estimate of drug-likeness (QED) is 0.923. The maximum absolute atomic E-state index is 5.90. The van der Waals surface area contributed by atoms with Gasteiger partial charge in [0, 0.05) is 12.1 Å². The van der Waals surface area contributed by atoms with Gasteiger partial charge in [-0.25, -0.2) is 0 Å². The minimum atomic E-state index is 0.162. The second kappa shape index (κ2) is 5.84. The molecule has 0 atom stereocenters. The van der Waals surface area contributed by atoms with Gasteiger partial charge >= 0.3 is 0 Å². The summed E-state index contributed by atoms with van der Waals surface area (Å²) in [4.78, 5) is 4.42. The Morgan fingerprint density at radius 1 is 0.909 bits per heavy atom. The van der Waals surface area contributed by atoms with Crippen molar-refractivity contribution in [1.29, 1.82) is 0 Å². The van der Waals surface area contributed by atoms with E-state index >= 15 is 0 Å². The third-order valence-corrected chi connectivity index (χ3v) is 3.76. The molecule has 0 spiro atoms. The Hall–Kier alpha value is -2.29. The topological polar surface area (TPSA) is 33.6 Å². The lowest BCUT2D eigenvalue weighted by atomic mass is 9.87. The SMILES string of the molecule is CC(C)(C)c1ccc(Oc2ccc(C3=NCCN3)cc2)cc1. The first-order chi connectivity index (χ1) is 10.5. The second-order valence-corrected chi connectivity index (χ2v) is 6.56. The zero-order valence-corrected chi connectivity index (χ0v) is 13.4. The molecular weight excluding hydrogens is 272 g/mol. The molecule has 0 unspecified atom stereocenters. The van der Waals surface area contributed by atoms with Crippen LogP contribution in [0.5, 0.6) is 11.5 Å². The van der Waals surface area contributed by atoms with Crippen LogP contribution in [0.2, 0.25) is 0 Å². The van der Waals surface area contributed by atoms with Gasteiger partial charge in [-0.05, 0) is 47.4 Å². The number of ether oxygens (including phenoxy) is 1. The zero-order valence-electron chi connectivity index (χ0n) is 13.4. The van der Waals surface area contributed by atoms with Crippen LogP contribution in [0.25, 0.3) is 0 Å². The van der Waals surface area contributed by atoms with Gasteiger partial charge in [-0.1, -0.05) is 32.9 Å². The van der Waals surface area contributed by atoms with Gasteiger partial charge in [0.15, 0.2) is 0 Å². The minimum Gasteiger partial charge on any atom is -0.457 e. The van der Waals surface area contributed by atoms with Crippen molar-refractivity contribution < 1.29 is 4.74 Å². The first-order valence-electron chi connectivity index (χ1n) is 7.69. The van der Waals surface area contributed by atoms with E-state index in [2.05, 4.69) is 43.2 Å². The Kier molecular flexibility index (Phi) is 3.88. The van der Waals surface area contributed by atoms with Crippen molar-refractivity contribution in [1.82, 2.24) is 5.32 Å². The van der Waals surface area contributed by atoms with Crippen molar-refractivity contribution >= 4 is 5.84 Å². The lowest BCUT2D eigenvalue weighted by Crippen LogP contribution is -2.19. The average Bonchev–Trinajstić information content (AvgIpc) is 3.02. The molecule has 0 aromatic heterocycles. The first-order valence-corrected chi connectivity index (χ1v) is 7.69. The maximum Gasteiger partial charge on any atom is 0.128 e. The van der Waals surface area contributed by atoms with Gasteiger partial charge in [0.2, 0.25) is 0 Å². The summed E-state index contributed by atoms with van der Waals surface area (Å²) in [7, 11) is 0. The van der Waals surface area contributed by atoms with Crippen molar-refractivity contribution in [2.24, 2.45) is 4.99 Å². The van der Waals surface area contributed by atoms with E-state index in [9.17, 15) is 0 Å². The number of nitrogens with zero attached hydrogens (tertiary/aromatic N) is 1. The monoisotopic (exact) mass is 294 g/mol. The molecule has 0 amide bonds. The van der Waals surface area contributed by atoms with Crippen LogP contribution in [0.15, 0.2) is 53.5 Å². The lowest BCUT2D eigenvalue weighted by Gasteiger charge is -2.19. The van der Waals surface area contributed by atoms with Crippen LogP contribution >= 0.6 is 0 Å². The Labute approximate surface area is 132 Å². The summed E-state index contributed by atoms with van der Waals surface area (Å²) in [6, 6.07) is 16.3. The van der Waals surface area contributed by atoms with Crippen LogP contribution in [0.3, 0.4) is 0 Å². The number of aliphatic imine (C=N–C) groups is 1. The van der Waals surface area contributed by atoms with Crippen molar-refractivity contribution in [2.75, 3.05) is 13.1 Å². The maximum atomic E-state index is 5.90. The molecule has 1 aliphatic heterocycles. The number of amidine groups is 1. The van der Waals surface area contributed by atoms with E-state index in [1.54, 1.807) is 0 Å². The molecular formula is C19H22N2O. The van der Waals surface area contributed by atoms with E-state index in [-0.39, 0.29) is 5.41 Å². The van der Waals surface area contributed by atoms with Crippen molar-refractivity contribution in [3.63, 3.8) is 0 Å². The predicted molar refractivity (Wildman–Crippen MR) is 91.1 cm³/mol. The number of hydrogen-bond donors (Lipinski definition) is 1. The van der Waals surface area contributed by atoms with E-state index < -0.39 is 0 Å². The molecule has 0 aliphatic carbocycles. The van der Waals surface area contributed by atoms with Gasteiger partial charge < -0.3 is 10.1 Å². The van der Waals surface area contributed by atoms with Crippen molar-refractivity contribution in [3.05, 3.63) is 59.7 Å². The highest BCUT2D eigenvalue weighted by Crippen LogP contribution is 2.27. The molecule has 3 nitrogen and oxygen atoms in total. The third-order valence-electron chi connectivity index (χ3n) is 3.76. The molecule has 22 heavy (non-hydrogen) atoms. The normalized spacial score (nSPS) is 14.4. The van der Waals surface area contributed by atoms with Gasteiger partial charge in [-0.2, -0.15) is 0 Å². The van der Waals surface area contributed by atoms with E-state index in [0.29, 0.717) is 0 Å². The first kappa shape index (κ1) is 14.6. The molecule has 2 aromatic carbocycles. The smallest absolute Gasteiger partial charge is 0.128 e. The van der Waals surface area contributed by atoms with Crippen LogP contribution in [-0.2, 0) is 5.41 Å². The van der Waals surface area contributed by atoms with E-state index in [0.717, 1.165) is 36.0 Å². The summed E-state index contributed by atoms with van der Waals surface area (Å²) < 4.78 is 5.90. The zero-order chi connectivity index (χ0) is 15.6. The average molecular weight is 294 g/mol. The van der Waals surface area contributed by atoms with Crippen LogP contribution in [-0.4, -0.2) is 18.9 Å². The van der Waals surface area contributed by atoms with E-state index in [1.807, 2.05) is 36.4 Å². The highest BCUT2D eigenvalue weighted by Gasteiger charge is 2.13. The molecule has 114 valence electrons. The molecule has 3 rings (SSSR count). The fraction of sp³-hybridized carbons (Fsp3) is 0.316. The Morgan fingerprint density at radius 3 is 2.00 bits per heavy atom. The standard InChI is InChI=1S/C19H22N2O/c1-19(2,3)15-6-10-17(11-7-15)22-16-8-4-14(5-9-16)18-20-12-13-21-18/h4-11H,12-13H2,1-3H3,(H,20,21). The van der Waals surface area contributed by atoms with Gasteiger partial charge in [0.05, 0.1) is 6.54 Å². The van der Waals surface area contributed by atoms with Gasteiger partial charge in [-0.15, -0.1) is 0 Å². The minimum absolute atomic E-state index is 0.162. The summed E-state index contributed by atoms with van der Waals surface area (Å²) in [5.74, 6) is 2.67. The molecule has 0 radical (unpaired) electrons. The molecule has 0 fully saturated rings. The molecule has 0 saturated heterocycles. The number of rotatable bonds is 3. The summed E-state index contributed by atoms with van der Waals surface area (Å²) in [6.07, 6.45) is 0. The molecule has 2 aromatic rings. The van der Waals surface area contributed by atoms with Crippen LogP contribution in [0.4, 0.5) is 0 Å². The van der Waals surface area contributed by atoms with Crippen molar-refractivity contribution in [3.8, 4) is 11.5 Å². The fourth-order valence-electron chi connectivity index (χ4n) is 2.43. The summed E-state index contributed by atoms with van der Waals surface area (Å²) in [6.45, 7) is 8.41. The fourth-order valence-corrected chi connectivity index (χ4v) is 2.43. The Balaban J connectivity index is 1.70. The third kappa shape index (κ3) is 3.30. The number of benzene rings is 2. The van der Waals surface area contributed by atoms with Gasteiger partial charge in [0.1, 0.15) is 17.3 Å². The highest BCUT2D eigenvalue weighted by molar-refractivity contribution is 5.99. The molecule has 0 saturated carbocycles.